The van der Waals surface area contributed by atoms with Gasteiger partial charge in [-0.3, -0.25) is 0 Å². The molecule has 0 aliphatic carbocycles. The molecule has 32 heavy (non-hydrogen) atoms. The molecule has 2 rings (SSSR count). The molecular weight excluding hydrogens is 413 g/mol. The van der Waals surface area contributed by atoms with Crippen molar-refractivity contribution < 1.29 is 9.47 Å². The molecule has 0 radical (unpaired) electrons. The lowest BCUT2D eigenvalue weighted by molar-refractivity contribution is 0.0485. The van der Waals surface area contributed by atoms with Crippen LogP contribution in [0.15, 0.2) is 36.4 Å². The highest BCUT2D eigenvalue weighted by Gasteiger charge is 2.36. The van der Waals surface area contributed by atoms with Gasteiger partial charge in [0.25, 0.3) is 0 Å². The third kappa shape index (κ3) is 6.56. The standard InChI is InChI=1S/C28H44NO2P/c1-10-16-28(11-2,32-25-15-13-12-14-22(25)19-29(7)8)24-18-21(3)17-23(27(4,5)6)26(24)31-20-30-9/h12-15,17-18,32H,10-11,16,19-20H2,1-9H3. The molecule has 2 aromatic carbocycles. The van der Waals surface area contributed by atoms with Crippen LogP contribution in [0.3, 0.4) is 0 Å². The van der Waals surface area contributed by atoms with Crippen LogP contribution in [-0.4, -0.2) is 32.9 Å². The van der Waals surface area contributed by atoms with Gasteiger partial charge in [0.1, 0.15) is 5.75 Å². The SMILES string of the molecule is CCCC(CC)(Pc1ccccc1CN(C)C)c1cc(C)cc(C(C)(C)C)c1OCOC. The van der Waals surface area contributed by atoms with Crippen LogP contribution in [0, 0.1) is 6.92 Å². The summed E-state index contributed by atoms with van der Waals surface area (Å²) in [6, 6.07) is 13.6. The summed E-state index contributed by atoms with van der Waals surface area (Å²) in [5, 5.41) is 1.50. The number of nitrogens with zero attached hydrogens (tertiary/aromatic N) is 1. The maximum absolute atomic E-state index is 6.36. The number of aryl methyl sites for hydroxylation is 1. The molecule has 2 unspecified atom stereocenters. The second-order valence-corrected chi connectivity index (χ2v) is 11.9. The van der Waals surface area contributed by atoms with Crippen LogP contribution in [0.25, 0.3) is 0 Å². The third-order valence-electron chi connectivity index (χ3n) is 6.04. The predicted molar refractivity (Wildman–Crippen MR) is 141 cm³/mol. The smallest absolute Gasteiger partial charge is 0.188 e. The first-order valence-corrected chi connectivity index (χ1v) is 12.9. The molecular formula is C28H44NO2P. The van der Waals surface area contributed by atoms with E-state index >= 15 is 0 Å². The zero-order valence-electron chi connectivity index (χ0n) is 21.8. The van der Waals surface area contributed by atoms with E-state index in [4.69, 9.17) is 9.47 Å². The van der Waals surface area contributed by atoms with Crippen LogP contribution in [0.4, 0.5) is 0 Å². The minimum absolute atomic E-state index is 0.0124. The fourth-order valence-corrected chi connectivity index (χ4v) is 6.37. The Morgan fingerprint density at radius 3 is 2.22 bits per heavy atom. The van der Waals surface area contributed by atoms with Gasteiger partial charge in [0.2, 0.25) is 0 Å². The topological polar surface area (TPSA) is 21.7 Å². The Balaban J connectivity index is 2.74. The summed E-state index contributed by atoms with van der Waals surface area (Å²) in [6.45, 7) is 14.9. The molecule has 0 amide bonds. The van der Waals surface area contributed by atoms with E-state index in [1.165, 1.54) is 27.6 Å². The van der Waals surface area contributed by atoms with E-state index in [2.05, 4.69) is 96.9 Å². The summed E-state index contributed by atoms with van der Waals surface area (Å²) in [4.78, 5) is 2.26. The van der Waals surface area contributed by atoms with E-state index in [-0.39, 0.29) is 17.4 Å². The summed E-state index contributed by atoms with van der Waals surface area (Å²) >= 11 is 0. The van der Waals surface area contributed by atoms with Crippen LogP contribution in [0.5, 0.6) is 5.75 Å². The van der Waals surface area contributed by atoms with Gasteiger partial charge in [0, 0.05) is 29.9 Å². The predicted octanol–water partition coefficient (Wildman–Crippen LogP) is 6.75. The normalized spacial score (nSPS) is 14.3. The van der Waals surface area contributed by atoms with Crippen molar-refractivity contribution in [2.75, 3.05) is 28.0 Å². The molecule has 0 fully saturated rings. The second kappa shape index (κ2) is 11.6. The van der Waals surface area contributed by atoms with Crippen molar-refractivity contribution in [3.63, 3.8) is 0 Å². The highest BCUT2D eigenvalue weighted by molar-refractivity contribution is 7.48. The van der Waals surface area contributed by atoms with Gasteiger partial charge < -0.3 is 14.4 Å². The molecule has 0 saturated carbocycles. The lowest BCUT2D eigenvalue weighted by atomic mass is 9.80. The largest absolute Gasteiger partial charge is 0.467 e. The summed E-state index contributed by atoms with van der Waals surface area (Å²) < 4.78 is 11.7. The number of hydrogen-bond acceptors (Lipinski definition) is 3. The molecule has 3 nitrogen and oxygen atoms in total. The van der Waals surface area contributed by atoms with Crippen LogP contribution < -0.4 is 10.0 Å². The molecule has 2 aromatic rings. The fourth-order valence-electron chi connectivity index (χ4n) is 4.48. The van der Waals surface area contributed by atoms with E-state index < -0.39 is 0 Å². The first kappa shape index (κ1) is 26.8. The maximum Gasteiger partial charge on any atom is 0.188 e. The highest BCUT2D eigenvalue weighted by atomic mass is 31.1. The van der Waals surface area contributed by atoms with E-state index in [0.29, 0.717) is 8.58 Å². The summed E-state index contributed by atoms with van der Waals surface area (Å²) in [5.41, 5.74) is 5.33. The summed E-state index contributed by atoms with van der Waals surface area (Å²) in [6.07, 6.45) is 3.35. The molecule has 0 bridgehead atoms. The fraction of sp³-hybridized carbons (Fsp3) is 0.571. The van der Waals surface area contributed by atoms with Crippen molar-refractivity contribution in [2.24, 2.45) is 0 Å². The number of rotatable bonds is 11. The minimum atomic E-state index is -0.0124. The second-order valence-electron chi connectivity index (χ2n) is 10.2. The van der Waals surface area contributed by atoms with Crippen LogP contribution >= 0.6 is 8.58 Å². The Kier molecular flexibility index (Phi) is 9.76. The van der Waals surface area contributed by atoms with E-state index in [0.717, 1.165) is 31.6 Å². The highest BCUT2D eigenvalue weighted by Crippen LogP contribution is 2.53. The molecule has 0 N–H and O–H groups in total. The Bertz CT molecular complexity index is 872. The number of ether oxygens (including phenoxy) is 2. The van der Waals surface area contributed by atoms with Crippen molar-refractivity contribution in [3.05, 3.63) is 58.7 Å². The van der Waals surface area contributed by atoms with Crippen LogP contribution in [0.1, 0.15) is 76.1 Å². The Labute approximate surface area is 198 Å². The van der Waals surface area contributed by atoms with E-state index in [1.807, 2.05) is 0 Å². The van der Waals surface area contributed by atoms with Crippen LogP contribution in [-0.2, 0) is 21.9 Å². The molecule has 0 heterocycles. The molecule has 0 spiro atoms. The van der Waals surface area contributed by atoms with Gasteiger partial charge in [-0.05, 0) is 50.1 Å². The average molecular weight is 458 g/mol. The number of methoxy groups -OCH3 is 1. The minimum Gasteiger partial charge on any atom is -0.467 e. The van der Waals surface area contributed by atoms with E-state index in [1.54, 1.807) is 7.11 Å². The Hall–Kier alpha value is -1.41. The van der Waals surface area contributed by atoms with Crippen molar-refractivity contribution in [1.29, 1.82) is 0 Å². The molecule has 0 saturated heterocycles. The lowest BCUT2D eigenvalue weighted by Crippen LogP contribution is -2.27. The van der Waals surface area contributed by atoms with Crippen molar-refractivity contribution in [2.45, 2.75) is 77.9 Å². The monoisotopic (exact) mass is 457 g/mol. The molecule has 0 aromatic heterocycles. The van der Waals surface area contributed by atoms with Gasteiger partial charge in [0.05, 0.1) is 0 Å². The zero-order chi connectivity index (χ0) is 23.9. The van der Waals surface area contributed by atoms with Gasteiger partial charge in [-0.2, -0.15) is 0 Å². The molecule has 0 aliphatic heterocycles. The number of benzene rings is 2. The van der Waals surface area contributed by atoms with Crippen molar-refractivity contribution >= 4 is 13.9 Å². The Morgan fingerprint density at radius 1 is 1.00 bits per heavy atom. The lowest BCUT2D eigenvalue weighted by Gasteiger charge is -2.38. The summed E-state index contributed by atoms with van der Waals surface area (Å²) in [5.74, 6) is 1.03. The average Bonchev–Trinajstić information content (AvgIpc) is 2.72. The molecule has 178 valence electrons. The third-order valence-corrected chi connectivity index (χ3v) is 8.14. The van der Waals surface area contributed by atoms with Gasteiger partial charge >= 0.3 is 0 Å². The van der Waals surface area contributed by atoms with Crippen molar-refractivity contribution in [1.82, 2.24) is 4.90 Å². The zero-order valence-corrected chi connectivity index (χ0v) is 22.8. The molecule has 0 aliphatic rings. The first-order chi connectivity index (χ1) is 15.1. The van der Waals surface area contributed by atoms with Crippen molar-refractivity contribution in [3.8, 4) is 5.75 Å². The molecule has 2 atom stereocenters. The summed E-state index contributed by atoms with van der Waals surface area (Å²) in [7, 11) is 6.67. The van der Waals surface area contributed by atoms with E-state index in [9.17, 15) is 0 Å². The van der Waals surface area contributed by atoms with Crippen LogP contribution in [0.2, 0.25) is 0 Å². The maximum atomic E-state index is 6.36. The number of hydrogen-bond donors (Lipinski definition) is 0. The van der Waals surface area contributed by atoms with Gasteiger partial charge in [0.15, 0.2) is 6.79 Å². The first-order valence-electron chi connectivity index (χ1n) is 11.9. The van der Waals surface area contributed by atoms with Gasteiger partial charge in [-0.1, -0.05) is 91.6 Å². The van der Waals surface area contributed by atoms with Gasteiger partial charge in [-0.15, -0.1) is 0 Å². The van der Waals surface area contributed by atoms with Gasteiger partial charge in [-0.25, -0.2) is 0 Å². The Morgan fingerprint density at radius 2 is 1.66 bits per heavy atom. The molecule has 4 heteroatoms. The quantitative estimate of drug-likeness (QED) is 0.275.